The Morgan fingerprint density at radius 1 is 1.35 bits per heavy atom. The highest BCUT2D eigenvalue weighted by molar-refractivity contribution is 7.99. The molecule has 0 aliphatic carbocycles. The fourth-order valence-corrected chi connectivity index (χ4v) is 2.30. The number of benzene rings is 1. The Labute approximate surface area is 107 Å². The Bertz CT molecular complexity index is 362. The van der Waals surface area contributed by atoms with Gasteiger partial charge in [0.1, 0.15) is 6.04 Å². The molecular formula is C13H19NO2S. The lowest BCUT2D eigenvalue weighted by molar-refractivity contribution is -0.142. The normalized spacial score (nSPS) is 12.5. The molecule has 0 saturated heterocycles. The number of methoxy groups -OCH3 is 1. The number of hydrogen-bond donors (Lipinski definition) is 1. The van der Waals surface area contributed by atoms with Crippen LogP contribution in [0.1, 0.15) is 19.4 Å². The average molecular weight is 253 g/mol. The molecule has 0 aliphatic heterocycles. The van der Waals surface area contributed by atoms with Crippen LogP contribution in [0.4, 0.5) is 0 Å². The zero-order valence-corrected chi connectivity index (χ0v) is 11.3. The summed E-state index contributed by atoms with van der Waals surface area (Å²) in [6.45, 7) is 4.32. The molecule has 1 atom stereocenters. The van der Waals surface area contributed by atoms with E-state index in [1.165, 1.54) is 12.0 Å². The minimum Gasteiger partial charge on any atom is -0.468 e. The van der Waals surface area contributed by atoms with Gasteiger partial charge in [0.15, 0.2) is 0 Å². The fourth-order valence-electron chi connectivity index (χ4n) is 1.46. The van der Waals surface area contributed by atoms with Gasteiger partial charge in [-0.25, -0.2) is 0 Å². The maximum absolute atomic E-state index is 11.2. The Hall–Kier alpha value is -1.00. The summed E-state index contributed by atoms with van der Waals surface area (Å²) in [5, 5.41) is 0.568. The molecule has 0 radical (unpaired) electrons. The van der Waals surface area contributed by atoms with Gasteiger partial charge in [-0.3, -0.25) is 4.79 Å². The molecule has 3 nitrogen and oxygen atoms in total. The predicted molar refractivity (Wildman–Crippen MR) is 71.1 cm³/mol. The van der Waals surface area contributed by atoms with Crippen LogP contribution >= 0.6 is 11.8 Å². The van der Waals surface area contributed by atoms with Crippen LogP contribution in [-0.2, 0) is 16.0 Å². The zero-order valence-electron chi connectivity index (χ0n) is 10.5. The van der Waals surface area contributed by atoms with Gasteiger partial charge in [-0.1, -0.05) is 26.0 Å². The molecule has 0 heterocycles. The minimum atomic E-state index is -0.580. The number of rotatable bonds is 5. The van der Waals surface area contributed by atoms with Gasteiger partial charge < -0.3 is 10.5 Å². The van der Waals surface area contributed by atoms with Crippen molar-refractivity contribution in [2.75, 3.05) is 7.11 Å². The van der Waals surface area contributed by atoms with Crippen LogP contribution in [0.2, 0.25) is 0 Å². The van der Waals surface area contributed by atoms with Crippen molar-refractivity contribution in [2.24, 2.45) is 5.73 Å². The van der Waals surface area contributed by atoms with Crippen molar-refractivity contribution in [3.8, 4) is 0 Å². The van der Waals surface area contributed by atoms with E-state index >= 15 is 0 Å². The summed E-state index contributed by atoms with van der Waals surface area (Å²) in [4.78, 5) is 12.4. The van der Waals surface area contributed by atoms with Crippen LogP contribution in [0.15, 0.2) is 29.2 Å². The van der Waals surface area contributed by atoms with Gasteiger partial charge in [0.2, 0.25) is 0 Å². The summed E-state index contributed by atoms with van der Waals surface area (Å²) >= 11 is 1.81. The summed E-state index contributed by atoms with van der Waals surface area (Å²) in [6.07, 6.45) is 0.513. The molecule has 2 N–H and O–H groups in total. The smallest absolute Gasteiger partial charge is 0.322 e. The molecule has 1 rings (SSSR count). The summed E-state index contributed by atoms with van der Waals surface area (Å²) < 4.78 is 4.59. The topological polar surface area (TPSA) is 52.3 Å². The first-order chi connectivity index (χ1) is 8.02. The Kier molecular flexibility index (Phi) is 5.51. The van der Waals surface area contributed by atoms with E-state index in [2.05, 4.69) is 30.7 Å². The Balaban J connectivity index is 2.59. The van der Waals surface area contributed by atoms with E-state index < -0.39 is 6.04 Å². The number of ether oxygens (including phenoxy) is 1. The lowest BCUT2D eigenvalue weighted by atomic mass is 10.1. The third-order valence-corrected chi connectivity index (χ3v) is 3.27. The number of carbonyl (C=O) groups excluding carboxylic acids is 1. The Morgan fingerprint density at radius 3 is 2.41 bits per heavy atom. The average Bonchev–Trinajstić information content (AvgIpc) is 2.30. The molecule has 17 heavy (non-hydrogen) atoms. The standard InChI is InChI=1S/C13H19NO2S/c1-9(2)17-11-6-4-10(5-7-11)8-12(14)13(15)16-3/h4-7,9,12H,8,14H2,1-3H3. The molecule has 4 heteroatoms. The van der Waals surface area contributed by atoms with Crippen molar-refractivity contribution in [1.29, 1.82) is 0 Å². The predicted octanol–water partition coefficient (Wildman–Crippen LogP) is 2.23. The number of hydrogen-bond acceptors (Lipinski definition) is 4. The van der Waals surface area contributed by atoms with Crippen molar-refractivity contribution in [3.63, 3.8) is 0 Å². The second kappa shape index (κ2) is 6.67. The van der Waals surface area contributed by atoms with Crippen molar-refractivity contribution >= 4 is 17.7 Å². The van der Waals surface area contributed by atoms with Crippen LogP contribution in [0, 0.1) is 0 Å². The second-order valence-corrected chi connectivity index (χ2v) is 5.79. The lowest BCUT2D eigenvalue weighted by Crippen LogP contribution is -2.33. The van der Waals surface area contributed by atoms with Crippen molar-refractivity contribution in [1.82, 2.24) is 0 Å². The van der Waals surface area contributed by atoms with Gasteiger partial charge in [0.25, 0.3) is 0 Å². The van der Waals surface area contributed by atoms with E-state index in [-0.39, 0.29) is 5.97 Å². The highest BCUT2D eigenvalue weighted by atomic mass is 32.2. The van der Waals surface area contributed by atoms with Gasteiger partial charge >= 0.3 is 5.97 Å². The molecule has 0 aromatic heterocycles. The Morgan fingerprint density at radius 2 is 1.94 bits per heavy atom. The third-order valence-electron chi connectivity index (χ3n) is 2.25. The molecule has 94 valence electrons. The van der Waals surface area contributed by atoms with Crippen LogP contribution < -0.4 is 5.73 Å². The van der Waals surface area contributed by atoms with E-state index in [0.717, 1.165) is 5.56 Å². The van der Waals surface area contributed by atoms with Gasteiger partial charge in [0, 0.05) is 10.1 Å². The number of carbonyl (C=O) groups is 1. The number of thioether (sulfide) groups is 1. The monoisotopic (exact) mass is 253 g/mol. The van der Waals surface area contributed by atoms with Gasteiger partial charge in [-0.2, -0.15) is 0 Å². The maximum atomic E-state index is 11.2. The third kappa shape index (κ3) is 4.79. The first-order valence-corrected chi connectivity index (χ1v) is 6.50. The van der Waals surface area contributed by atoms with Gasteiger partial charge in [0.05, 0.1) is 7.11 Å². The second-order valence-electron chi connectivity index (χ2n) is 4.14. The van der Waals surface area contributed by atoms with Crippen LogP contribution in [-0.4, -0.2) is 24.4 Å². The van der Waals surface area contributed by atoms with Gasteiger partial charge in [-0.05, 0) is 24.1 Å². The quantitative estimate of drug-likeness (QED) is 0.646. The first-order valence-electron chi connectivity index (χ1n) is 5.62. The van der Waals surface area contributed by atoms with Crippen molar-refractivity contribution < 1.29 is 9.53 Å². The summed E-state index contributed by atoms with van der Waals surface area (Å²) in [5.74, 6) is -0.370. The molecule has 0 amide bonds. The molecule has 0 fully saturated rings. The first kappa shape index (κ1) is 14.1. The molecule has 0 saturated carbocycles. The maximum Gasteiger partial charge on any atom is 0.322 e. The van der Waals surface area contributed by atoms with E-state index in [4.69, 9.17) is 5.73 Å². The number of nitrogens with two attached hydrogens (primary N) is 1. The fraction of sp³-hybridized carbons (Fsp3) is 0.462. The highest BCUT2D eigenvalue weighted by Gasteiger charge is 2.13. The van der Waals surface area contributed by atoms with Crippen molar-refractivity contribution in [3.05, 3.63) is 29.8 Å². The summed E-state index contributed by atoms with van der Waals surface area (Å²) in [5.41, 5.74) is 6.75. The van der Waals surface area contributed by atoms with Gasteiger partial charge in [-0.15, -0.1) is 11.8 Å². The molecule has 1 aromatic rings. The molecule has 0 spiro atoms. The minimum absolute atomic E-state index is 0.370. The van der Waals surface area contributed by atoms with Crippen molar-refractivity contribution in [2.45, 2.75) is 36.5 Å². The van der Waals surface area contributed by atoms with E-state index in [1.54, 1.807) is 0 Å². The molecule has 1 aromatic carbocycles. The van der Waals surface area contributed by atoms with Crippen LogP contribution in [0.5, 0.6) is 0 Å². The van der Waals surface area contributed by atoms with Crippen LogP contribution in [0.25, 0.3) is 0 Å². The molecular weight excluding hydrogens is 234 g/mol. The summed E-state index contributed by atoms with van der Waals surface area (Å²) in [6, 6.07) is 7.55. The molecule has 0 aliphatic rings. The zero-order chi connectivity index (χ0) is 12.8. The highest BCUT2D eigenvalue weighted by Crippen LogP contribution is 2.23. The molecule has 0 bridgehead atoms. The number of esters is 1. The van der Waals surface area contributed by atoms with E-state index in [9.17, 15) is 4.79 Å². The lowest BCUT2D eigenvalue weighted by Gasteiger charge is -2.10. The largest absolute Gasteiger partial charge is 0.468 e. The SMILES string of the molecule is COC(=O)C(N)Cc1ccc(SC(C)C)cc1. The van der Waals surface area contributed by atoms with E-state index in [0.29, 0.717) is 11.7 Å². The molecule has 1 unspecified atom stereocenters. The van der Waals surface area contributed by atoms with Crippen LogP contribution in [0.3, 0.4) is 0 Å². The summed E-state index contributed by atoms with van der Waals surface area (Å²) in [7, 11) is 1.35. The van der Waals surface area contributed by atoms with E-state index in [1.807, 2.05) is 23.9 Å².